The fourth-order valence-electron chi connectivity index (χ4n) is 3.61. The average molecular weight is 363 g/mol. The summed E-state index contributed by atoms with van der Waals surface area (Å²) >= 11 is 0. The molecule has 0 unspecified atom stereocenters. The second kappa shape index (κ2) is 6.28. The molecule has 4 aromatic rings. The minimum Gasteiger partial charge on any atom is -0.381 e. The van der Waals surface area contributed by atoms with E-state index in [4.69, 9.17) is 4.74 Å². The molecule has 1 saturated heterocycles. The number of halogens is 1. The Morgan fingerprint density at radius 2 is 2.11 bits per heavy atom. The molecule has 0 radical (unpaired) electrons. The van der Waals surface area contributed by atoms with E-state index in [9.17, 15) is 4.39 Å². The van der Waals surface area contributed by atoms with Gasteiger partial charge in [-0.25, -0.2) is 9.37 Å². The van der Waals surface area contributed by atoms with Crippen molar-refractivity contribution < 1.29 is 9.13 Å². The van der Waals surface area contributed by atoms with Gasteiger partial charge in [-0.3, -0.25) is 9.67 Å². The number of fused-ring (bicyclic) bond motifs is 1. The number of nitrogens with zero attached hydrogens (tertiary/aromatic N) is 4. The van der Waals surface area contributed by atoms with Gasteiger partial charge in [-0.15, -0.1) is 0 Å². The molecule has 5 heterocycles. The highest BCUT2D eigenvalue weighted by atomic mass is 19.1. The molecule has 0 atom stereocenters. The molecule has 0 saturated carbocycles. The van der Waals surface area contributed by atoms with Crippen LogP contribution in [0.4, 0.5) is 4.39 Å². The van der Waals surface area contributed by atoms with Crippen LogP contribution in [-0.2, 0) is 18.2 Å². The molecular formula is C20H18FN5O. The Morgan fingerprint density at radius 1 is 1.22 bits per heavy atom. The summed E-state index contributed by atoms with van der Waals surface area (Å²) in [5.74, 6) is 0.143. The maximum atomic E-state index is 13.3. The lowest BCUT2D eigenvalue weighted by molar-refractivity contribution is -0.0312. The van der Waals surface area contributed by atoms with Gasteiger partial charge in [-0.1, -0.05) is 0 Å². The first-order valence-electron chi connectivity index (χ1n) is 8.87. The summed E-state index contributed by atoms with van der Waals surface area (Å²) in [7, 11) is 1.88. The third kappa shape index (κ3) is 2.80. The van der Waals surface area contributed by atoms with Crippen molar-refractivity contribution in [2.45, 2.75) is 6.42 Å². The fraction of sp³-hybridized carbons (Fsp3) is 0.250. The van der Waals surface area contributed by atoms with Gasteiger partial charge in [-0.05, 0) is 30.2 Å². The van der Waals surface area contributed by atoms with Crippen LogP contribution < -0.4 is 0 Å². The first kappa shape index (κ1) is 16.1. The van der Waals surface area contributed by atoms with Crippen molar-refractivity contribution in [2.24, 2.45) is 13.0 Å². The SMILES string of the molecule is Cn1cc(-c2c(CC3COC3)cnc3[nH]ccc23)c(-c2ccc(F)cn2)n1. The van der Waals surface area contributed by atoms with Crippen LogP contribution in [0, 0.1) is 11.7 Å². The molecule has 4 aromatic heterocycles. The number of pyridine rings is 2. The highest BCUT2D eigenvalue weighted by molar-refractivity contribution is 5.98. The Balaban J connectivity index is 1.72. The molecule has 1 aliphatic heterocycles. The minimum atomic E-state index is -0.362. The van der Waals surface area contributed by atoms with Crippen LogP contribution in [0.25, 0.3) is 33.5 Å². The number of hydrogen-bond acceptors (Lipinski definition) is 4. The molecule has 27 heavy (non-hydrogen) atoms. The van der Waals surface area contributed by atoms with Crippen molar-refractivity contribution >= 4 is 11.0 Å². The van der Waals surface area contributed by atoms with Crippen LogP contribution in [0.15, 0.2) is 43.0 Å². The van der Waals surface area contributed by atoms with Gasteiger partial charge in [-0.2, -0.15) is 5.10 Å². The normalized spacial score (nSPS) is 14.6. The van der Waals surface area contributed by atoms with Gasteiger partial charge in [0.15, 0.2) is 0 Å². The largest absolute Gasteiger partial charge is 0.381 e. The maximum Gasteiger partial charge on any atom is 0.141 e. The van der Waals surface area contributed by atoms with Gasteiger partial charge in [0.05, 0.1) is 25.1 Å². The highest BCUT2D eigenvalue weighted by Gasteiger charge is 2.24. The maximum absolute atomic E-state index is 13.3. The molecule has 5 rings (SSSR count). The van der Waals surface area contributed by atoms with Gasteiger partial charge in [0, 0.05) is 48.1 Å². The van der Waals surface area contributed by atoms with Crippen molar-refractivity contribution in [3.05, 3.63) is 54.4 Å². The summed E-state index contributed by atoms with van der Waals surface area (Å²) < 4.78 is 20.5. The molecule has 1 aliphatic rings. The number of rotatable bonds is 4. The van der Waals surface area contributed by atoms with Crippen LogP contribution in [0.3, 0.4) is 0 Å². The Kier molecular flexibility index (Phi) is 3.75. The zero-order valence-electron chi connectivity index (χ0n) is 14.8. The fourth-order valence-corrected chi connectivity index (χ4v) is 3.61. The minimum absolute atomic E-state index is 0.362. The number of aromatic nitrogens is 5. The number of nitrogens with one attached hydrogen (secondary N) is 1. The number of H-pyrrole nitrogens is 1. The Morgan fingerprint density at radius 3 is 2.85 bits per heavy atom. The van der Waals surface area contributed by atoms with E-state index in [1.165, 1.54) is 12.3 Å². The predicted octanol–water partition coefficient (Wildman–Crippen LogP) is 3.35. The van der Waals surface area contributed by atoms with E-state index in [2.05, 4.69) is 20.1 Å². The van der Waals surface area contributed by atoms with E-state index in [1.807, 2.05) is 31.7 Å². The van der Waals surface area contributed by atoms with E-state index in [1.54, 1.807) is 10.7 Å². The van der Waals surface area contributed by atoms with Crippen molar-refractivity contribution in [1.29, 1.82) is 0 Å². The number of hydrogen-bond donors (Lipinski definition) is 1. The zero-order valence-corrected chi connectivity index (χ0v) is 14.8. The standard InChI is InChI=1S/C20H18FN5O/c1-26-9-16(19(25-26)17-3-2-14(21)8-23-17)18-13(6-12-10-27-11-12)7-24-20-15(18)4-5-22-20/h2-5,7-9,12H,6,10-11H2,1H3,(H,22,24). The van der Waals surface area contributed by atoms with Crippen molar-refractivity contribution in [2.75, 3.05) is 13.2 Å². The molecule has 1 N–H and O–H groups in total. The van der Waals surface area contributed by atoms with Gasteiger partial charge >= 0.3 is 0 Å². The summed E-state index contributed by atoms with van der Waals surface area (Å²) in [6, 6.07) is 5.11. The lowest BCUT2D eigenvalue weighted by atomic mass is 9.91. The Labute approximate surface area is 155 Å². The third-order valence-electron chi connectivity index (χ3n) is 4.95. The molecule has 1 fully saturated rings. The van der Waals surface area contributed by atoms with Crippen molar-refractivity contribution in [1.82, 2.24) is 24.7 Å². The third-order valence-corrected chi connectivity index (χ3v) is 4.95. The van der Waals surface area contributed by atoms with Gasteiger partial charge in [0.1, 0.15) is 17.2 Å². The second-order valence-corrected chi connectivity index (χ2v) is 6.93. The first-order chi connectivity index (χ1) is 13.2. The molecule has 0 amide bonds. The lowest BCUT2D eigenvalue weighted by Crippen LogP contribution is -2.29. The smallest absolute Gasteiger partial charge is 0.141 e. The lowest BCUT2D eigenvalue weighted by Gasteiger charge is -2.26. The van der Waals surface area contributed by atoms with Gasteiger partial charge in [0.2, 0.25) is 0 Å². The van der Waals surface area contributed by atoms with E-state index < -0.39 is 0 Å². The molecule has 6 nitrogen and oxygen atoms in total. The predicted molar refractivity (Wildman–Crippen MR) is 99.5 cm³/mol. The number of ether oxygens (including phenoxy) is 1. The van der Waals surface area contributed by atoms with Crippen molar-refractivity contribution in [3.8, 4) is 22.5 Å². The van der Waals surface area contributed by atoms with Crippen molar-refractivity contribution in [3.63, 3.8) is 0 Å². The summed E-state index contributed by atoms with van der Waals surface area (Å²) in [6.45, 7) is 1.56. The van der Waals surface area contributed by atoms with Gasteiger partial charge < -0.3 is 9.72 Å². The Hall–Kier alpha value is -3.06. The van der Waals surface area contributed by atoms with Crippen LogP contribution in [-0.4, -0.2) is 37.9 Å². The number of aryl methyl sites for hydroxylation is 1. The molecule has 0 spiro atoms. The topological polar surface area (TPSA) is 68.6 Å². The molecule has 0 aromatic carbocycles. The van der Waals surface area contributed by atoms with E-state index >= 15 is 0 Å². The Bertz CT molecular complexity index is 1110. The second-order valence-electron chi connectivity index (χ2n) is 6.93. The molecule has 0 bridgehead atoms. The summed E-state index contributed by atoms with van der Waals surface area (Å²) in [5.41, 5.74) is 5.44. The first-order valence-corrected chi connectivity index (χ1v) is 8.87. The number of aromatic amines is 1. The zero-order chi connectivity index (χ0) is 18.4. The highest BCUT2D eigenvalue weighted by Crippen LogP contribution is 2.37. The van der Waals surface area contributed by atoms with Gasteiger partial charge in [0.25, 0.3) is 0 Å². The monoisotopic (exact) mass is 363 g/mol. The molecule has 7 heteroatoms. The summed E-state index contributed by atoms with van der Waals surface area (Å²) in [6.07, 6.45) is 7.93. The quantitative estimate of drug-likeness (QED) is 0.604. The molecule has 136 valence electrons. The van der Waals surface area contributed by atoms with Crippen LogP contribution in [0.1, 0.15) is 5.56 Å². The average Bonchev–Trinajstić information content (AvgIpc) is 3.25. The van der Waals surface area contributed by atoms with Crippen LogP contribution in [0.2, 0.25) is 0 Å². The molecular weight excluding hydrogens is 345 g/mol. The van der Waals surface area contributed by atoms with Crippen LogP contribution >= 0.6 is 0 Å². The summed E-state index contributed by atoms with van der Waals surface area (Å²) in [5, 5.41) is 5.65. The van der Waals surface area contributed by atoms with Crippen LogP contribution in [0.5, 0.6) is 0 Å². The summed E-state index contributed by atoms with van der Waals surface area (Å²) in [4.78, 5) is 12.0. The van der Waals surface area contributed by atoms with E-state index in [0.29, 0.717) is 11.6 Å². The molecule has 0 aliphatic carbocycles. The van der Waals surface area contributed by atoms with E-state index in [-0.39, 0.29) is 5.82 Å². The van der Waals surface area contributed by atoms with E-state index in [0.717, 1.165) is 53.1 Å².